The van der Waals surface area contributed by atoms with Gasteiger partial charge in [0.2, 0.25) is 5.96 Å². The average molecular weight is 276 g/mol. The van der Waals surface area contributed by atoms with Crippen molar-refractivity contribution in [1.29, 1.82) is 0 Å². The molecule has 1 saturated carbocycles. The third-order valence-electron chi connectivity index (χ3n) is 3.45. The van der Waals surface area contributed by atoms with Crippen molar-refractivity contribution in [3.63, 3.8) is 0 Å². The minimum Gasteiger partial charge on any atom is -0.353 e. The SMILES string of the molecule is CC(C)(CN=C(NN)NC1CCCC1)S(C)(=O)=O. The highest BCUT2D eigenvalue weighted by Gasteiger charge is 2.30. The van der Waals surface area contributed by atoms with E-state index in [0.29, 0.717) is 12.0 Å². The molecule has 0 spiro atoms. The average Bonchev–Trinajstić information content (AvgIpc) is 2.75. The molecule has 6 nitrogen and oxygen atoms in total. The van der Waals surface area contributed by atoms with Crippen molar-refractivity contribution in [2.45, 2.75) is 50.3 Å². The van der Waals surface area contributed by atoms with Crippen LogP contribution in [0.5, 0.6) is 0 Å². The third kappa shape index (κ3) is 4.13. The highest BCUT2D eigenvalue weighted by atomic mass is 32.2. The largest absolute Gasteiger partial charge is 0.353 e. The number of nitrogens with zero attached hydrogens (tertiary/aromatic N) is 1. The minimum atomic E-state index is -3.14. The molecule has 0 radical (unpaired) electrons. The molecule has 1 aliphatic rings. The van der Waals surface area contributed by atoms with Gasteiger partial charge in [-0.2, -0.15) is 0 Å². The fourth-order valence-corrected chi connectivity index (χ4v) is 2.08. The summed E-state index contributed by atoms with van der Waals surface area (Å²) in [5.41, 5.74) is 2.50. The molecule has 0 saturated heterocycles. The second-order valence-electron chi connectivity index (χ2n) is 5.47. The molecule has 0 unspecified atom stereocenters. The van der Waals surface area contributed by atoms with Gasteiger partial charge in [-0.1, -0.05) is 12.8 Å². The minimum absolute atomic E-state index is 0.186. The number of hydrogen-bond acceptors (Lipinski definition) is 4. The molecule has 1 aliphatic carbocycles. The van der Waals surface area contributed by atoms with E-state index < -0.39 is 14.6 Å². The fraction of sp³-hybridized carbons (Fsp3) is 0.909. The second kappa shape index (κ2) is 5.88. The van der Waals surface area contributed by atoms with Gasteiger partial charge in [0.25, 0.3) is 0 Å². The summed E-state index contributed by atoms with van der Waals surface area (Å²) in [5, 5.41) is 3.21. The first kappa shape index (κ1) is 15.2. The first-order valence-corrected chi connectivity index (χ1v) is 8.12. The number of guanidine groups is 1. The van der Waals surface area contributed by atoms with Crippen LogP contribution in [0, 0.1) is 0 Å². The Kier molecular flexibility index (Phi) is 4.98. The summed E-state index contributed by atoms with van der Waals surface area (Å²) >= 11 is 0. The van der Waals surface area contributed by atoms with Crippen LogP contribution in [0.2, 0.25) is 0 Å². The molecular formula is C11H24N4O2S. The van der Waals surface area contributed by atoms with Crippen LogP contribution < -0.4 is 16.6 Å². The van der Waals surface area contributed by atoms with Gasteiger partial charge in [-0.05, 0) is 26.7 Å². The molecule has 0 aliphatic heterocycles. The number of nitrogens with two attached hydrogens (primary N) is 1. The summed E-state index contributed by atoms with van der Waals surface area (Å²) in [5.74, 6) is 5.87. The molecule has 4 N–H and O–H groups in total. The Morgan fingerprint density at radius 3 is 2.39 bits per heavy atom. The van der Waals surface area contributed by atoms with E-state index in [-0.39, 0.29) is 6.54 Å². The van der Waals surface area contributed by atoms with Gasteiger partial charge in [0.15, 0.2) is 9.84 Å². The molecule has 0 amide bonds. The van der Waals surface area contributed by atoms with Gasteiger partial charge in [-0.25, -0.2) is 14.3 Å². The van der Waals surface area contributed by atoms with E-state index in [0.717, 1.165) is 12.8 Å². The van der Waals surface area contributed by atoms with Crippen LogP contribution in [-0.2, 0) is 9.84 Å². The van der Waals surface area contributed by atoms with E-state index in [1.165, 1.54) is 19.1 Å². The Morgan fingerprint density at radius 1 is 1.39 bits per heavy atom. The van der Waals surface area contributed by atoms with Gasteiger partial charge in [0, 0.05) is 12.3 Å². The molecule has 0 atom stereocenters. The molecule has 0 aromatic carbocycles. The maximum atomic E-state index is 11.6. The summed E-state index contributed by atoms with van der Waals surface area (Å²) in [6.45, 7) is 3.51. The van der Waals surface area contributed by atoms with Gasteiger partial charge in [-0.15, -0.1) is 0 Å². The van der Waals surface area contributed by atoms with Gasteiger partial charge in [0.1, 0.15) is 0 Å². The predicted octanol–water partition coefficient (Wildman–Crippen LogP) is 0.161. The summed E-state index contributed by atoms with van der Waals surface area (Å²) in [7, 11) is -3.14. The molecule has 0 bridgehead atoms. The lowest BCUT2D eigenvalue weighted by Crippen LogP contribution is -2.46. The molecule has 0 aromatic heterocycles. The fourth-order valence-electron chi connectivity index (χ4n) is 1.78. The number of aliphatic imine (C=N–C) groups is 1. The van der Waals surface area contributed by atoms with Crippen LogP contribution >= 0.6 is 0 Å². The van der Waals surface area contributed by atoms with Gasteiger partial charge in [0.05, 0.1) is 11.3 Å². The number of sulfone groups is 1. The van der Waals surface area contributed by atoms with E-state index >= 15 is 0 Å². The predicted molar refractivity (Wildman–Crippen MR) is 73.9 cm³/mol. The summed E-state index contributed by atoms with van der Waals surface area (Å²) < 4.78 is 22.2. The lowest BCUT2D eigenvalue weighted by Gasteiger charge is -2.21. The number of hydrogen-bond donors (Lipinski definition) is 3. The lowest BCUT2D eigenvalue weighted by atomic mass is 10.2. The van der Waals surface area contributed by atoms with E-state index in [1.54, 1.807) is 13.8 Å². The van der Waals surface area contributed by atoms with Crippen molar-refractivity contribution in [3.05, 3.63) is 0 Å². The zero-order valence-electron chi connectivity index (χ0n) is 11.4. The Balaban J connectivity index is 2.62. The second-order valence-corrected chi connectivity index (χ2v) is 8.12. The smallest absolute Gasteiger partial charge is 0.205 e. The van der Waals surface area contributed by atoms with E-state index in [2.05, 4.69) is 15.7 Å². The quantitative estimate of drug-likeness (QED) is 0.294. The lowest BCUT2D eigenvalue weighted by molar-refractivity contribution is 0.553. The van der Waals surface area contributed by atoms with Crippen molar-refractivity contribution in [1.82, 2.24) is 10.7 Å². The molecule has 1 fully saturated rings. The number of hydrazine groups is 1. The Labute approximate surface area is 109 Å². The normalized spacial score (nSPS) is 19.0. The van der Waals surface area contributed by atoms with Gasteiger partial charge < -0.3 is 5.32 Å². The summed E-state index contributed by atoms with van der Waals surface area (Å²) in [6.07, 6.45) is 5.86. The zero-order chi connectivity index (χ0) is 13.8. The van der Waals surface area contributed by atoms with Crippen LogP contribution in [0.1, 0.15) is 39.5 Å². The zero-order valence-corrected chi connectivity index (χ0v) is 12.2. The van der Waals surface area contributed by atoms with Crippen molar-refractivity contribution in [3.8, 4) is 0 Å². The maximum Gasteiger partial charge on any atom is 0.205 e. The first-order valence-electron chi connectivity index (χ1n) is 6.23. The Bertz CT molecular complexity index is 397. The topological polar surface area (TPSA) is 96.6 Å². The Morgan fingerprint density at radius 2 is 1.94 bits per heavy atom. The van der Waals surface area contributed by atoms with Crippen LogP contribution in [0.4, 0.5) is 0 Å². The van der Waals surface area contributed by atoms with E-state index in [1.807, 2.05) is 0 Å². The molecule has 0 heterocycles. The molecular weight excluding hydrogens is 252 g/mol. The number of nitrogens with one attached hydrogen (secondary N) is 2. The highest BCUT2D eigenvalue weighted by molar-refractivity contribution is 7.92. The molecule has 18 heavy (non-hydrogen) atoms. The van der Waals surface area contributed by atoms with Crippen molar-refractivity contribution >= 4 is 15.8 Å². The third-order valence-corrected chi connectivity index (χ3v) is 5.59. The van der Waals surface area contributed by atoms with Crippen molar-refractivity contribution < 1.29 is 8.42 Å². The summed E-state index contributed by atoms with van der Waals surface area (Å²) in [6, 6.07) is 0.390. The standard InChI is InChI=1S/C11H24N4O2S/c1-11(2,18(3,16)17)8-13-10(15-12)14-9-6-4-5-7-9/h9H,4-8,12H2,1-3H3,(H2,13,14,15). The highest BCUT2D eigenvalue weighted by Crippen LogP contribution is 2.18. The Hall–Kier alpha value is -0.820. The van der Waals surface area contributed by atoms with E-state index in [9.17, 15) is 8.42 Å². The van der Waals surface area contributed by atoms with Crippen molar-refractivity contribution in [2.75, 3.05) is 12.8 Å². The van der Waals surface area contributed by atoms with Crippen LogP contribution in [-0.4, -0.2) is 38.0 Å². The van der Waals surface area contributed by atoms with Crippen molar-refractivity contribution in [2.24, 2.45) is 10.8 Å². The first-order chi connectivity index (χ1) is 8.26. The van der Waals surface area contributed by atoms with Gasteiger partial charge in [-0.3, -0.25) is 10.4 Å². The monoisotopic (exact) mass is 276 g/mol. The van der Waals surface area contributed by atoms with Crippen LogP contribution in [0.25, 0.3) is 0 Å². The molecule has 1 rings (SSSR count). The van der Waals surface area contributed by atoms with E-state index in [4.69, 9.17) is 5.84 Å². The molecule has 106 valence electrons. The molecule has 7 heteroatoms. The number of rotatable bonds is 4. The van der Waals surface area contributed by atoms with Gasteiger partial charge >= 0.3 is 0 Å². The maximum absolute atomic E-state index is 11.6. The van der Waals surface area contributed by atoms with Crippen LogP contribution in [0.15, 0.2) is 4.99 Å². The molecule has 0 aromatic rings. The summed E-state index contributed by atoms with van der Waals surface area (Å²) in [4.78, 5) is 4.23. The van der Waals surface area contributed by atoms with Crippen LogP contribution in [0.3, 0.4) is 0 Å².